The number of rotatable bonds is 10. The molecule has 5 heteroatoms. The highest BCUT2D eigenvalue weighted by atomic mass is 16.5. The molecule has 2 heterocycles. The first-order valence-electron chi connectivity index (χ1n) is 12.1. The Hall–Kier alpha value is -3.02. The molecule has 5 nitrogen and oxygen atoms in total. The van der Waals surface area contributed by atoms with Gasteiger partial charge in [0.15, 0.2) is 5.78 Å². The summed E-state index contributed by atoms with van der Waals surface area (Å²) in [6.45, 7) is 10.8. The van der Waals surface area contributed by atoms with Crippen molar-refractivity contribution >= 4 is 11.5 Å². The Morgan fingerprint density at radius 3 is 2.50 bits per heavy atom. The monoisotopic (exact) mass is 457 g/mol. The number of benzene rings is 2. The zero-order valence-corrected chi connectivity index (χ0v) is 20.7. The van der Waals surface area contributed by atoms with Crippen molar-refractivity contribution in [2.75, 3.05) is 25.1 Å². The van der Waals surface area contributed by atoms with Crippen molar-refractivity contribution in [3.63, 3.8) is 0 Å². The first-order valence-corrected chi connectivity index (χ1v) is 12.1. The van der Waals surface area contributed by atoms with Crippen LogP contribution in [-0.4, -0.2) is 36.1 Å². The third-order valence-corrected chi connectivity index (χ3v) is 6.35. The van der Waals surface area contributed by atoms with Gasteiger partial charge in [0.1, 0.15) is 5.69 Å². The summed E-state index contributed by atoms with van der Waals surface area (Å²) in [4.78, 5) is 17.6. The van der Waals surface area contributed by atoms with E-state index in [0.29, 0.717) is 18.9 Å². The van der Waals surface area contributed by atoms with Gasteiger partial charge in [-0.1, -0.05) is 74.9 Å². The lowest BCUT2D eigenvalue weighted by molar-refractivity contribution is -0.0405. The summed E-state index contributed by atoms with van der Waals surface area (Å²) in [5.41, 5.74) is 6.89. The zero-order valence-electron chi connectivity index (χ0n) is 20.7. The van der Waals surface area contributed by atoms with Gasteiger partial charge >= 0.3 is 0 Å². The number of anilines is 1. The number of carbonyl (C=O) groups excluding carboxylic acids is 1. The fourth-order valence-corrected chi connectivity index (χ4v) is 4.28. The van der Waals surface area contributed by atoms with Crippen LogP contribution in [0.25, 0.3) is 11.1 Å². The maximum atomic E-state index is 13.0. The van der Waals surface area contributed by atoms with Crippen molar-refractivity contribution in [3.05, 3.63) is 83.2 Å². The molecule has 2 N–H and O–H groups in total. The maximum absolute atomic E-state index is 13.0. The van der Waals surface area contributed by atoms with Gasteiger partial charge in [0, 0.05) is 30.8 Å². The summed E-state index contributed by atoms with van der Waals surface area (Å²) in [5, 5.41) is 7.24. The van der Waals surface area contributed by atoms with Crippen LogP contribution < -0.4 is 10.6 Å². The van der Waals surface area contributed by atoms with E-state index in [9.17, 15) is 4.79 Å². The molecule has 0 atom stereocenters. The number of carbonyl (C=O) groups is 1. The average molecular weight is 458 g/mol. The highest BCUT2D eigenvalue weighted by Gasteiger charge is 2.39. The molecule has 0 unspecified atom stereocenters. The van der Waals surface area contributed by atoms with Crippen molar-refractivity contribution in [2.45, 2.75) is 46.2 Å². The van der Waals surface area contributed by atoms with E-state index in [1.54, 1.807) is 0 Å². The number of aryl methyl sites for hydroxylation is 2. The largest absolute Gasteiger partial charge is 0.376 e. The Labute approximate surface area is 203 Å². The molecular weight excluding hydrogens is 422 g/mol. The van der Waals surface area contributed by atoms with Crippen molar-refractivity contribution < 1.29 is 9.53 Å². The summed E-state index contributed by atoms with van der Waals surface area (Å²) >= 11 is 0. The van der Waals surface area contributed by atoms with E-state index in [1.165, 1.54) is 16.7 Å². The van der Waals surface area contributed by atoms with E-state index in [2.05, 4.69) is 84.1 Å². The Balaban J connectivity index is 1.58. The molecule has 4 rings (SSSR count). The van der Waals surface area contributed by atoms with Gasteiger partial charge in [0.25, 0.3) is 0 Å². The topological polar surface area (TPSA) is 63.2 Å². The maximum Gasteiger partial charge on any atom is 0.185 e. The molecule has 1 fully saturated rings. The van der Waals surface area contributed by atoms with Crippen molar-refractivity contribution in [3.8, 4) is 11.1 Å². The molecule has 0 radical (unpaired) electrons. The Morgan fingerprint density at radius 1 is 1.06 bits per heavy atom. The molecule has 0 aliphatic carbocycles. The third kappa shape index (κ3) is 5.54. The van der Waals surface area contributed by atoms with Crippen LogP contribution in [-0.2, 0) is 17.7 Å². The molecule has 0 spiro atoms. The lowest BCUT2D eigenvalue weighted by atomic mass is 9.94. The molecule has 1 aliphatic heterocycles. The second-order valence-electron chi connectivity index (χ2n) is 9.68. The van der Waals surface area contributed by atoms with Crippen molar-refractivity contribution in [2.24, 2.45) is 5.92 Å². The predicted octanol–water partition coefficient (Wildman–Crippen LogP) is 5.43. The van der Waals surface area contributed by atoms with E-state index >= 15 is 0 Å². The number of pyridine rings is 1. The molecule has 3 aromatic rings. The fourth-order valence-electron chi connectivity index (χ4n) is 4.28. The van der Waals surface area contributed by atoms with Gasteiger partial charge in [0.05, 0.1) is 24.4 Å². The van der Waals surface area contributed by atoms with Crippen LogP contribution >= 0.6 is 0 Å². The van der Waals surface area contributed by atoms with E-state index in [-0.39, 0.29) is 17.2 Å². The molecule has 0 bridgehead atoms. The summed E-state index contributed by atoms with van der Waals surface area (Å²) < 4.78 is 5.62. The van der Waals surface area contributed by atoms with Crippen LogP contribution in [0.2, 0.25) is 0 Å². The molecule has 2 aromatic carbocycles. The average Bonchev–Trinajstić information content (AvgIpc) is 2.82. The van der Waals surface area contributed by atoms with Crippen LogP contribution in [0.5, 0.6) is 0 Å². The number of ether oxygens (including phenoxy) is 1. The number of aromatic nitrogens is 1. The first-order chi connectivity index (χ1) is 16.4. The minimum atomic E-state index is -0.276. The van der Waals surface area contributed by atoms with Gasteiger partial charge < -0.3 is 15.4 Å². The van der Waals surface area contributed by atoms with Crippen molar-refractivity contribution in [1.29, 1.82) is 0 Å². The second kappa shape index (κ2) is 10.5. The summed E-state index contributed by atoms with van der Waals surface area (Å²) in [5.74, 6) is -0.0881. The Bertz CT molecular complexity index is 1150. The number of Topliss-reactive ketones (excluding diaryl/α,β-unsaturated/α-hetero) is 1. The van der Waals surface area contributed by atoms with Gasteiger partial charge in [-0.15, -0.1) is 0 Å². The SMILES string of the molecule is CCc1cccc(-c2cnc(C(=O)C(C)C)c(NC3(CNCc4cccc(C)c4)COC3)c2)c1. The quantitative estimate of drug-likeness (QED) is 0.398. The highest BCUT2D eigenvalue weighted by Crippen LogP contribution is 2.30. The standard InChI is InChI=1S/C29H35N3O2/c1-5-22-9-7-11-24(13-22)25-14-26(27(31-16-25)28(33)20(2)3)32-29(18-34-19-29)17-30-15-23-10-6-8-21(4)12-23/h6-14,16,20,30,32H,5,15,17-19H2,1-4H3. The molecule has 0 saturated carbocycles. The van der Waals surface area contributed by atoms with E-state index in [4.69, 9.17) is 4.74 Å². The smallest absolute Gasteiger partial charge is 0.185 e. The van der Waals surface area contributed by atoms with Gasteiger partial charge in [0.2, 0.25) is 0 Å². The number of hydrogen-bond donors (Lipinski definition) is 2. The Kier molecular flexibility index (Phi) is 7.44. The zero-order chi connectivity index (χ0) is 24.1. The summed E-state index contributed by atoms with van der Waals surface area (Å²) in [7, 11) is 0. The predicted molar refractivity (Wildman–Crippen MR) is 138 cm³/mol. The van der Waals surface area contributed by atoms with Gasteiger partial charge in [-0.05, 0) is 36.1 Å². The molecule has 1 saturated heterocycles. The van der Waals surface area contributed by atoms with Crippen LogP contribution in [0, 0.1) is 12.8 Å². The third-order valence-electron chi connectivity index (χ3n) is 6.35. The normalized spacial score (nSPS) is 14.6. The van der Waals surface area contributed by atoms with Gasteiger partial charge in [-0.3, -0.25) is 9.78 Å². The van der Waals surface area contributed by atoms with Gasteiger partial charge in [-0.25, -0.2) is 0 Å². The number of nitrogens with zero attached hydrogens (tertiary/aromatic N) is 1. The number of ketones is 1. The summed E-state index contributed by atoms with van der Waals surface area (Å²) in [6.07, 6.45) is 2.79. The van der Waals surface area contributed by atoms with Crippen molar-refractivity contribution in [1.82, 2.24) is 10.3 Å². The summed E-state index contributed by atoms with van der Waals surface area (Å²) in [6, 6.07) is 19.1. The van der Waals surface area contributed by atoms with E-state index in [0.717, 1.165) is 36.3 Å². The molecule has 1 aromatic heterocycles. The minimum absolute atomic E-state index is 0.0412. The Morgan fingerprint density at radius 2 is 1.82 bits per heavy atom. The van der Waals surface area contributed by atoms with Crippen LogP contribution in [0.15, 0.2) is 60.8 Å². The molecule has 34 heavy (non-hydrogen) atoms. The molecule has 0 amide bonds. The van der Waals surface area contributed by atoms with Gasteiger partial charge in [-0.2, -0.15) is 0 Å². The minimum Gasteiger partial charge on any atom is -0.376 e. The molecular formula is C29H35N3O2. The van der Waals surface area contributed by atoms with Crippen LogP contribution in [0.3, 0.4) is 0 Å². The van der Waals surface area contributed by atoms with Crippen LogP contribution in [0.4, 0.5) is 5.69 Å². The van der Waals surface area contributed by atoms with E-state index < -0.39 is 0 Å². The van der Waals surface area contributed by atoms with Crippen LogP contribution in [0.1, 0.15) is 48.0 Å². The highest BCUT2D eigenvalue weighted by molar-refractivity contribution is 6.01. The number of hydrogen-bond acceptors (Lipinski definition) is 5. The molecule has 178 valence electrons. The lowest BCUT2D eigenvalue weighted by Crippen LogP contribution is -2.61. The molecule has 1 aliphatic rings. The first kappa shape index (κ1) is 24.1. The second-order valence-corrected chi connectivity index (χ2v) is 9.68. The van der Waals surface area contributed by atoms with E-state index in [1.807, 2.05) is 20.0 Å². The fraction of sp³-hybridized carbons (Fsp3) is 0.379. The number of nitrogens with one attached hydrogen (secondary N) is 2. The lowest BCUT2D eigenvalue weighted by Gasteiger charge is -2.43.